The van der Waals surface area contributed by atoms with Crippen molar-refractivity contribution >= 4 is 10.8 Å². The van der Waals surface area contributed by atoms with Gasteiger partial charge >= 0.3 is 6.61 Å². The minimum Gasteiger partial charge on any atom is -0.435 e. The van der Waals surface area contributed by atoms with Gasteiger partial charge in [0.25, 0.3) is 0 Å². The van der Waals surface area contributed by atoms with Gasteiger partial charge in [0.1, 0.15) is 11.6 Å². The molecule has 1 aliphatic carbocycles. The first kappa shape index (κ1) is 24.2. The predicted octanol–water partition coefficient (Wildman–Crippen LogP) is 8.52. The summed E-state index contributed by atoms with van der Waals surface area (Å²) in [5.41, 5.74) is 2.17. The molecule has 0 radical (unpaired) electrons. The van der Waals surface area contributed by atoms with Crippen LogP contribution in [0.2, 0.25) is 0 Å². The highest BCUT2D eigenvalue weighted by molar-refractivity contribution is 5.85. The van der Waals surface area contributed by atoms with Gasteiger partial charge in [-0.05, 0) is 66.0 Å². The van der Waals surface area contributed by atoms with Gasteiger partial charge in [-0.25, -0.2) is 4.39 Å². The van der Waals surface area contributed by atoms with Crippen molar-refractivity contribution in [3.63, 3.8) is 0 Å². The third kappa shape index (κ3) is 6.35. The quantitative estimate of drug-likeness (QED) is 0.318. The summed E-state index contributed by atoms with van der Waals surface area (Å²) in [6, 6.07) is 15.6. The molecular formula is C30H31F3O. The first-order valence-corrected chi connectivity index (χ1v) is 12.3. The number of aryl methyl sites for hydroxylation is 1. The van der Waals surface area contributed by atoms with E-state index in [0.29, 0.717) is 16.5 Å². The van der Waals surface area contributed by atoms with Gasteiger partial charge in [-0.2, -0.15) is 8.78 Å². The zero-order valence-corrected chi connectivity index (χ0v) is 19.6. The maximum atomic E-state index is 15.1. The Kier molecular flexibility index (Phi) is 8.16. The molecule has 4 heteroatoms. The van der Waals surface area contributed by atoms with E-state index in [1.54, 1.807) is 18.2 Å². The number of fused-ring (bicyclic) bond motifs is 1. The van der Waals surface area contributed by atoms with Crippen LogP contribution < -0.4 is 4.74 Å². The highest BCUT2D eigenvalue weighted by Gasteiger charge is 2.20. The molecule has 0 heterocycles. The number of rotatable bonds is 7. The molecule has 0 aliphatic heterocycles. The normalized spacial score (nSPS) is 18.0. The second-order valence-electron chi connectivity index (χ2n) is 9.35. The van der Waals surface area contributed by atoms with E-state index < -0.39 is 6.61 Å². The largest absolute Gasteiger partial charge is 0.435 e. The highest BCUT2D eigenvalue weighted by Crippen LogP contribution is 2.34. The number of benzene rings is 3. The maximum absolute atomic E-state index is 15.1. The van der Waals surface area contributed by atoms with Crippen molar-refractivity contribution in [1.29, 1.82) is 0 Å². The Hall–Kier alpha value is -2.93. The molecule has 1 aliphatic rings. The molecule has 0 bridgehead atoms. The molecular weight excluding hydrogens is 433 g/mol. The summed E-state index contributed by atoms with van der Waals surface area (Å²) >= 11 is 0. The van der Waals surface area contributed by atoms with E-state index in [4.69, 9.17) is 0 Å². The lowest BCUT2D eigenvalue weighted by Gasteiger charge is -2.28. The van der Waals surface area contributed by atoms with E-state index in [0.717, 1.165) is 23.6 Å². The van der Waals surface area contributed by atoms with E-state index in [9.17, 15) is 8.78 Å². The number of ether oxygens (including phenoxy) is 1. The summed E-state index contributed by atoms with van der Waals surface area (Å²) in [7, 11) is 0. The fraction of sp³-hybridized carbons (Fsp3) is 0.400. The Balaban J connectivity index is 1.40. The molecule has 0 saturated heterocycles. The fourth-order valence-corrected chi connectivity index (χ4v) is 5.04. The van der Waals surface area contributed by atoms with Gasteiger partial charge in [0, 0.05) is 10.9 Å². The molecule has 3 aromatic rings. The molecule has 0 atom stereocenters. The average molecular weight is 465 g/mol. The molecule has 3 aromatic carbocycles. The van der Waals surface area contributed by atoms with Crippen molar-refractivity contribution in [3.05, 3.63) is 77.1 Å². The minimum atomic E-state index is -2.87. The van der Waals surface area contributed by atoms with Gasteiger partial charge in [0.15, 0.2) is 0 Å². The molecule has 0 aromatic heterocycles. The number of hydrogen-bond donors (Lipinski definition) is 0. The first-order chi connectivity index (χ1) is 16.5. The van der Waals surface area contributed by atoms with Crippen molar-refractivity contribution in [1.82, 2.24) is 0 Å². The van der Waals surface area contributed by atoms with Gasteiger partial charge < -0.3 is 4.74 Å². The van der Waals surface area contributed by atoms with Crippen LogP contribution in [0.15, 0.2) is 54.6 Å². The van der Waals surface area contributed by atoms with Crippen molar-refractivity contribution in [2.75, 3.05) is 0 Å². The van der Waals surface area contributed by atoms with Gasteiger partial charge in [0.05, 0.1) is 5.56 Å². The lowest BCUT2D eigenvalue weighted by atomic mass is 9.78. The molecule has 34 heavy (non-hydrogen) atoms. The Morgan fingerprint density at radius 3 is 2.26 bits per heavy atom. The monoisotopic (exact) mass is 464 g/mol. The van der Waals surface area contributed by atoms with E-state index in [1.165, 1.54) is 62.6 Å². The smallest absolute Gasteiger partial charge is 0.387 e. The number of alkyl halides is 2. The van der Waals surface area contributed by atoms with Gasteiger partial charge in [-0.1, -0.05) is 81.6 Å². The first-order valence-electron chi connectivity index (χ1n) is 12.3. The van der Waals surface area contributed by atoms with E-state index in [2.05, 4.69) is 29.6 Å². The van der Waals surface area contributed by atoms with Crippen LogP contribution >= 0.6 is 0 Å². The molecule has 0 N–H and O–H groups in total. The lowest BCUT2D eigenvalue weighted by Crippen LogP contribution is -2.15. The second kappa shape index (κ2) is 11.5. The van der Waals surface area contributed by atoms with Gasteiger partial charge in [-0.3, -0.25) is 0 Å². The van der Waals surface area contributed by atoms with Crippen molar-refractivity contribution in [3.8, 4) is 17.6 Å². The maximum Gasteiger partial charge on any atom is 0.387 e. The minimum absolute atomic E-state index is 0.0671. The Morgan fingerprint density at radius 2 is 1.59 bits per heavy atom. The summed E-state index contributed by atoms with van der Waals surface area (Å²) in [4.78, 5) is 0. The van der Waals surface area contributed by atoms with Crippen LogP contribution in [0.4, 0.5) is 13.2 Å². The average Bonchev–Trinajstić information content (AvgIpc) is 2.84. The lowest BCUT2D eigenvalue weighted by molar-refractivity contribution is -0.0498. The summed E-state index contributed by atoms with van der Waals surface area (Å²) in [6.45, 7) is -0.589. The van der Waals surface area contributed by atoms with Crippen LogP contribution in [0.1, 0.15) is 68.6 Å². The topological polar surface area (TPSA) is 9.23 Å². The highest BCUT2D eigenvalue weighted by atomic mass is 19.3. The number of halogens is 3. The molecule has 1 saturated carbocycles. The van der Waals surface area contributed by atoms with Crippen LogP contribution in [0, 0.1) is 29.5 Å². The second-order valence-corrected chi connectivity index (χ2v) is 9.35. The van der Waals surface area contributed by atoms with E-state index in [-0.39, 0.29) is 11.6 Å². The fourth-order valence-electron chi connectivity index (χ4n) is 5.04. The third-order valence-corrected chi connectivity index (χ3v) is 6.94. The van der Waals surface area contributed by atoms with Crippen LogP contribution in [0.5, 0.6) is 5.75 Å². The van der Waals surface area contributed by atoms with Crippen LogP contribution in [0.3, 0.4) is 0 Å². The van der Waals surface area contributed by atoms with Crippen molar-refractivity contribution in [2.24, 2.45) is 11.8 Å². The zero-order valence-electron chi connectivity index (χ0n) is 19.6. The molecule has 178 valence electrons. The van der Waals surface area contributed by atoms with Gasteiger partial charge in [0.2, 0.25) is 0 Å². The summed E-state index contributed by atoms with van der Waals surface area (Å²) in [5, 5.41) is 1.46. The van der Waals surface area contributed by atoms with Gasteiger partial charge in [-0.15, -0.1) is 0 Å². The Morgan fingerprint density at radius 1 is 0.882 bits per heavy atom. The zero-order chi connectivity index (χ0) is 23.9. The Bertz CT molecular complexity index is 1150. The number of hydrogen-bond acceptors (Lipinski definition) is 1. The summed E-state index contributed by atoms with van der Waals surface area (Å²) in [5.74, 6) is 7.24. The van der Waals surface area contributed by atoms with E-state index in [1.807, 2.05) is 18.2 Å². The molecule has 0 unspecified atom stereocenters. The van der Waals surface area contributed by atoms with E-state index >= 15 is 4.39 Å². The molecule has 0 amide bonds. The van der Waals surface area contributed by atoms with Crippen molar-refractivity contribution < 1.29 is 17.9 Å². The molecule has 1 nitrogen and oxygen atoms in total. The Labute approximate surface area is 200 Å². The standard InChI is InChI=1S/C30H31F3O/c1-2-3-21-4-6-22(7-5-21)8-9-24-13-19-28-26(20-24)16-15-25(29(28)31)14-10-23-11-17-27(18-12-23)34-30(32)33/h11-13,15-22,30H,2-9H2,1H3. The predicted molar refractivity (Wildman–Crippen MR) is 132 cm³/mol. The van der Waals surface area contributed by atoms with Crippen LogP contribution in [0.25, 0.3) is 10.8 Å². The summed E-state index contributed by atoms with van der Waals surface area (Å²) in [6.07, 6.45) is 10.3. The van der Waals surface area contributed by atoms with Crippen LogP contribution in [-0.4, -0.2) is 6.61 Å². The molecule has 1 fully saturated rings. The third-order valence-electron chi connectivity index (χ3n) is 6.94. The molecule has 4 rings (SSSR count). The molecule has 0 spiro atoms. The van der Waals surface area contributed by atoms with Crippen LogP contribution in [-0.2, 0) is 6.42 Å². The SMILES string of the molecule is CCCC1CCC(CCc2ccc3c(F)c(C#Cc4ccc(OC(F)F)cc4)ccc3c2)CC1. The van der Waals surface area contributed by atoms with Crippen molar-refractivity contribution in [2.45, 2.75) is 64.9 Å². The summed E-state index contributed by atoms with van der Waals surface area (Å²) < 4.78 is 43.9.